The third-order valence-corrected chi connectivity index (χ3v) is 3.37. The number of hydrogen-bond donors (Lipinski definition) is 1. The zero-order valence-corrected chi connectivity index (χ0v) is 11.9. The molecule has 0 heterocycles. The third-order valence-electron chi connectivity index (χ3n) is 2.72. The molecule has 1 atom stereocenters. The Morgan fingerprint density at radius 1 is 1.56 bits per heavy atom. The summed E-state index contributed by atoms with van der Waals surface area (Å²) in [5, 5.41) is 0. The lowest BCUT2D eigenvalue weighted by atomic mass is 10.2. The Bertz CT molecular complexity index is 398. The summed E-state index contributed by atoms with van der Waals surface area (Å²) in [6.07, 6.45) is 2.69. The zero-order chi connectivity index (χ0) is 13.5. The Balaban J connectivity index is 2.72. The Morgan fingerprint density at radius 3 is 2.89 bits per heavy atom. The molecule has 4 nitrogen and oxygen atoms in total. The number of benzene rings is 1. The van der Waals surface area contributed by atoms with Crippen molar-refractivity contribution in [2.45, 2.75) is 12.5 Å². The predicted octanol–water partition coefficient (Wildman–Crippen LogP) is 1.74. The normalized spacial score (nSPS) is 12.0. The van der Waals surface area contributed by atoms with E-state index in [0.29, 0.717) is 6.42 Å². The number of anilines is 1. The van der Waals surface area contributed by atoms with Gasteiger partial charge in [0, 0.05) is 18.8 Å². The highest BCUT2D eigenvalue weighted by atomic mass is 32.2. The summed E-state index contributed by atoms with van der Waals surface area (Å²) in [6.45, 7) is 0. The van der Waals surface area contributed by atoms with Crippen molar-refractivity contribution in [2.24, 2.45) is 5.73 Å². The van der Waals surface area contributed by atoms with Crippen LogP contribution >= 0.6 is 11.8 Å². The maximum absolute atomic E-state index is 12.1. The van der Waals surface area contributed by atoms with E-state index in [4.69, 9.17) is 10.5 Å². The highest BCUT2D eigenvalue weighted by Crippen LogP contribution is 2.20. The second-order valence-corrected chi connectivity index (χ2v) is 4.97. The molecular weight excluding hydrogens is 248 g/mol. The van der Waals surface area contributed by atoms with Gasteiger partial charge in [0.25, 0.3) is 0 Å². The molecule has 0 radical (unpaired) electrons. The first-order valence-electron chi connectivity index (χ1n) is 5.76. The number of methoxy groups -OCH3 is 1. The lowest BCUT2D eigenvalue weighted by Crippen LogP contribution is -2.42. The minimum atomic E-state index is -0.450. The lowest BCUT2D eigenvalue weighted by molar-refractivity contribution is -0.119. The Hall–Kier alpha value is -1.20. The molecule has 0 saturated heterocycles. The van der Waals surface area contributed by atoms with E-state index in [0.717, 1.165) is 17.2 Å². The molecule has 0 saturated carbocycles. The van der Waals surface area contributed by atoms with Crippen LogP contribution in [0.15, 0.2) is 24.3 Å². The number of amides is 1. The molecule has 0 aliphatic heterocycles. The molecular formula is C13H20N2O2S. The molecule has 0 aliphatic carbocycles. The second kappa shape index (κ2) is 7.28. The highest BCUT2D eigenvalue weighted by molar-refractivity contribution is 7.98. The van der Waals surface area contributed by atoms with Gasteiger partial charge in [0.15, 0.2) is 0 Å². The number of ether oxygens (including phenoxy) is 1. The van der Waals surface area contributed by atoms with E-state index < -0.39 is 6.04 Å². The van der Waals surface area contributed by atoms with Gasteiger partial charge in [-0.3, -0.25) is 4.79 Å². The fourth-order valence-electron chi connectivity index (χ4n) is 1.56. The first-order chi connectivity index (χ1) is 8.60. The van der Waals surface area contributed by atoms with Crippen LogP contribution in [0.4, 0.5) is 5.69 Å². The van der Waals surface area contributed by atoms with Crippen LogP contribution in [0.3, 0.4) is 0 Å². The summed E-state index contributed by atoms with van der Waals surface area (Å²) in [7, 11) is 3.33. The molecule has 0 bridgehead atoms. The van der Waals surface area contributed by atoms with Crippen LogP contribution in [-0.2, 0) is 4.79 Å². The van der Waals surface area contributed by atoms with Crippen LogP contribution < -0.4 is 15.4 Å². The molecule has 0 spiro atoms. The standard InChI is InChI=1S/C13H20N2O2S/c1-15(13(16)12(14)7-8-18-3)10-5-4-6-11(9-10)17-2/h4-6,9,12H,7-8,14H2,1-3H3/t12-/m0/s1. The van der Waals surface area contributed by atoms with Crippen molar-refractivity contribution in [1.29, 1.82) is 0 Å². The van der Waals surface area contributed by atoms with Crippen molar-refractivity contribution in [3.63, 3.8) is 0 Å². The Kier molecular flexibility index (Phi) is 6.01. The van der Waals surface area contributed by atoms with E-state index in [1.807, 2.05) is 30.5 Å². The number of nitrogens with zero attached hydrogens (tertiary/aromatic N) is 1. The van der Waals surface area contributed by atoms with E-state index in [1.54, 1.807) is 30.8 Å². The maximum atomic E-state index is 12.1. The predicted molar refractivity (Wildman–Crippen MR) is 77.4 cm³/mol. The SMILES string of the molecule is COc1cccc(N(C)C(=O)[C@@H](N)CCSC)c1. The van der Waals surface area contributed by atoms with Crippen LogP contribution in [0.25, 0.3) is 0 Å². The van der Waals surface area contributed by atoms with Gasteiger partial charge >= 0.3 is 0 Å². The van der Waals surface area contributed by atoms with Gasteiger partial charge in [-0.05, 0) is 30.6 Å². The van der Waals surface area contributed by atoms with Crippen LogP contribution in [0.1, 0.15) is 6.42 Å². The smallest absolute Gasteiger partial charge is 0.243 e. The molecule has 1 rings (SSSR count). The van der Waals surface area contributed by atoms with Crippen molar-refractivity contribution in [3.8, 4) is 5.75 Å². The zero-order valence-electron chi connectivity index (χ0n) is 11.1. The second-order valence-electron chi connectivity index (χ2n) is 3.99. The molecule has 0 aliphatic rings. The summed E-state index contributed by atoms with van der Waals surface area (Å²) < 4.78 is 5.14. The summed E-state index contributed by atoms with van der Waals surface area (Å²) >= 11 is 1.69. The van der Waals surface area contributed by atoms with Crippen LogP contribution in [-0.4, -0.2) is 38.1 Å². The molecule has 18 heavy (non-hydrogen) atoms. The molecule has 0 aromatic heterocycles. The van der Waals surface area contributed by atoms with Gasteiger partial charge in [-0.1, -0.05) is 6.07 Å². The summed E-state index contributed by atoms with van der Waals surface area (Å²) in [5.74, 6) is 1.54. The number of likely N-dealkylation sites (N-methyl/N-ethyl adjacent to an activating group) is 1. The van der Waals surface area contributed by atoms with Crippen molar-refractivity contribution in [2.75, 3.05) is 31.1 Å². The first-order valence-corrected chi connectivity index (χ1v) is 7.15. The Morgan fingerprint density at radius 2 is 2.28 bits per heavy atom. The molecule has 1 amide bonds. The molecule has 5 heteroatoms. The molecule has 2 N–H and O–H groups in total. The number of carbonyl (C=O) groups is 1. The molecule has 1 aromatic rings. The molecule has 100 valence electrons. The van der Waals surface area contributed by atoms with Gasteiger partial charge in [0.05, 0.1) is 13.2 Å². The van der Waals surface area contributed by atoms with Crippen molar-refractivity contribution in [3.05, 3.63) is 24.3 Å². The van der Waals surface area contributed by atoms with E-state index in [9.17, 15) is 4.79 Å². The van der Waals surface area contributed by atoms with Crippen molar-refractivity contribution in [1.82, 2.24) is 0 Å². The number of rotatable bonds is 6. The minimum absolute atomic E-state index is 0.0719. The minimum Gasteiger partial charge on any atom is -0.497 e. The van der Waals surface area contributed by atoms with Crippen molar-refractivity contribution >= 4 is 23.4 Å². The summed E-state index contributed by atoms with van der Waals surface area (Å²) in [6, 6.07) is 6.93. The Labute approximate surface area is 112 Å². The van der Waals surface area contributed by atoms with Gasteiger partial charge in [-0.25, -0.2) is 0 Å². The van der Waals surface area contributed by atoms with Gasteiger partial charge in [0.1, 0.15) is 5.75 Å². The fourth-order valence-corrected chi connectivity index (χ4v) is 2.05. The topological polar surface area (TPSA) is 55.6 Å². The van der Waals surface area contributed by atoms with Crippen LogP contribution in [0.2, 0.25) is 0 Å². The van der Waals surface area contributed by atoms with Gasteiger partial charge in [0.2, 0.25) is 5.91 Å². The number of thioether (sulfide) groups is 1. The maximum Gasteiger partial charge on any atom is 0.243 e. The average molecular weight is 268 g/mol. The van der Waals surface area contributed by atoms with Gasteiger partial charge in [-0.15, -0.1) is 0 Å². The van der Waals surface area contributed by atoms with Crippen molar-refractivity contribution < 1.29 is 9.53 Å². The van der Waals surface area contributed by atoms with Gasteiger partial charge < -0.3 is 15.4 Å². The lowest BCUT2D eigenvalue weighted by Gasteiger charge is -2.21. The number of nitrogens with two attached hydrogens (primary N) is 1. The average Bonchev–Trinajstić information content (AvgIpc) is 2.43. The van der Waals surface area contributed by atoms with Crippen LogP contribution in [0, 0.1) is 0 Å². The van der Waals surface area contributed by atoms with E-state index >= 15 is 0 Å². The summed E-state index contributed by atoms with van der Waals surface area (Å²) in [4.78, 5) is 13.7. The van der Waals surface area contributed by atoms with E-state index in [2.05, 4.69) is 0 Å². The number of carbonyl (C=O) groups excluding carboxylic acids is 1. The van der Waals surface area contributed by atoms with Gasteiger partial charge in [-0.2, -0.15) is 11.8 Å². The quantitative estimate of drug-likeness (QED) is 0.854. The van der Waals surface area contributed by atoms with E-state index in [1.165, 1.54) is 0 Å². The largest absolute Gasteiger partial charge is 0.497 e. The molecule has 0 unspecified atom stereocenters. The third kappa shape index (κ3) is 3.92. The first kappa shape index (κ1) is 14.9. The molecule has 0 fully saturated rings. The highest BCUT2D eigenvalue weighted by Gasteiger charge is 2.18. The summed E-state index contributed by atoms with van der Waals surface area (Å²) in [5.41, 5.74) is 6.67. The fraction of sp³-hybridized carbons (Fsp3) is 0.462. The van der Waals surface area contributed by atoms with E-state index in [-0.39, 0.29) is 5.91 Å². The molecule has 1 aromatic carbocycles. The monoisotopic (exact) mass is 268 g/mol. The van der Waals surface area contributed by atoms with Crippen LogP contribution in [0.5, 0.6) is 5.75 Å². The number of hydrogen-bond acceptors (Lipinski definition) is 4.